The normalized spacial score (nSPS) is 11.7. The van der Waals surface area contributed by atoms with Gasteiger partial charge in [-0.3, -0.25) is 0 Å². The number of hydrogen-bond donors (Lipinski definition) is 1. The van der Waals surface area contributed by atoms with Gasteiger partial charge in [0.15, 0.2) is 6.04 Å². The van der Waals surface area contributed by atoms with Gasteiger partial charge in [-0.1, -0.05) is 18.2 Å². The number of nitriles is 1. The van der Waals surface area contributed by atoms with Crippen LogP contribution in [-0.4, -0.2) is 0 Å². The highest BCUT2D eigenvalue weighted by molar-refractivity contribution is 5.45. The average molecular weight is 198 g/mol. The average Bonchev–Trinajstić information content (AvgIpc) is 2.81. The second-order valence-electron chi connectivity index (χ2n) is 3.09. The summed E-state index contributed by atoms with van der Waals surface area (Å²) in [6.45, 7) is 0. The van der Waals surface area contributed by atoms with Crippen LogP contribution in [0.3, 0.4) is 0 Å². The van der Waals surface area contributed by atoms with Crippen LogP contribution in [0.1, 0.15) is 11.8 Å². The third-order valence-corrected chi connectivity index (χ3v) is 2.04. The van der Waals surface area contributed by atoms with E-state index in [9.17, 15) is 0 Å². The molecule has 15 heavy (non-hydrogen) atoms. The minimum absolute atomic E-state index is 0.442. The quantitative estimate of drug-likeness (QED) is 0.824. The zero-order valence-electron chi connectivity index (χ0n) is 8.05. The maximum atomic E-state index is 8.99. The summed E-state index contributed by atoms with van der Waals surface area (Å²) in [5.41, 5.74) is 0.903. The first-order valence-electron chi connectivity index (χ1n) is 4.65. The first-order valence-corrected chi connectivity index (χ1v) is 4.65. The summed E-state index contributed by atoms with van der Waals surface area (Å²) in [5, 5.41) is 12.1. The lowest BCUT2D eigenvalue weighted by molar-refractivity contribution is 0.505. The minimum atomic E-state index is -0.442. The Labute approximate surface area is 88.0 Å². The fourth-order valence-electron chi connectivity index (χ4n) is 1.32. The molecule has 0 aliphatic carbocycles. The van der Waals surface area contributed by atoms with Crippen molar-refractivity contribution in [1.29, 1.82) is 5.26 Å². The molecule has 0 saturated carbocycles. The van der Waals surface area contributed by atoms with Gasteiger partial charge in [-0.2, -0.15) is 5.26 Å². The summed E-state index contributed by atoms with van der Waals surface area (Å²) in [4.78, 5) is 0. The Bertz CT molecular complexity index is 442. The van der Waals surface area contributed by atoms with Crippen LogP contribution >= 0.6 is 0 Å². The topological polar surface area (TPSA) is 49.0 Å². The summed E-state index contributed by atoms with van der Waals surface area (Å²) in [6.07, 6.45) is 1.56. The highest BCUT2D eigenvalue weighted by Gasteiger charge is 2.12. The van der Waals surface area contributed by atoms with Gasteiger partial charge in [0, 0.05) is 5.69 Å². The third-order valence-electron chi connectivity index (χ3n) is 2.04. The first-order chi connectivity index (χ1) is 7.40. The van der Waals surface area contributed by atoms with E-state index in [1.165, 1.54) is 0 Å². The van der Waals surface area contributed by atoms with Crippen molar-refractivity contribution in [3.63, 3.8) is 0 Å². The fourth-order valence-corrected chi connectivity index (χ4v) is 1.32. The van der Waals surface area contributed by atoms with Crippen molar-refractivity contribution in [2.24, 2.45) is 0 Å². The predicted molar refractivity (Wildman–Crippen MR) is 57.1 cm³/mol. The number of para-hydroxylation sites is 1. The summed E-state index contributed by atoms with van der Waals surface area (Å²) >= 11 is 0. The van der Waals surface area contributed by atoms with Gasteiger partial charge in [0.25, 0.3) is 0 Å². The van der Waals surface area contributed by atoms with E-state index < -0.39 is 6.04 Å². The Morgan fingerprint density at radius 3 is 2.53 bits per heavy atom. The van der Waals surface area contributed by atoms with Crippen LogP contribution in [0, 0.1) is 11.3 Å². The highest BCUT2D eigenvalue weighted by atomic mass is 16.3. The van der Waals surface area contributed by atoms with Crippen molar-refractivity contribution in [2.75, 3.05) is 5.32 Å². The summed E-state index contributed by atoms with van der Waals surface area (Å²) < 4.78 is 5.17. The molecule has 2 rings (SSSR count). The summed E-state index contributed by atoms with van der Waals surface area (Å²) in [7, 11) is 0. The monoisotopic (exact) mass is 198 g/mol. The largest absolute Gasteiger partial charge is 0.466 e. The molecule has 74 valence electrons. The van der Waals surface area contributed by atoms with Crippen LogP contribution in [0.15, 0.2) is 53.1 Å². The number of nitrogens with one attached hydrogen (secondary N) is 1. The van der Waals surface area contributed by atoms with Gasteiger partial charge in [0.1, 0.15) is 5.76 Å². The molecule has 2 aromatic rings. The number of benzene rings is 1. The van der Waals surface area contributed by atoms with Crippen LogP contribution < -0.4 is 5.32 Å². The predicted octanol–water partition coefficient (Wildman–Crippen LogP) is 2.96. The lowest BCUT2D eigenvalue weighted by Gasteiger charge is -2.09. The maximum Gasteiger partial charge on any atom is 0.173 e. The molecule has 1 aromatic heterocycles. The van der Waals surface area contributed by atoms with Gasteiger partial charge >= 0.3 is 0 Å². The molecule has 1 N–H and O–H groups in total. The molecule has 1 atom stereocenters. The van der Waals surface area contributed by atoms with Gasteiger partial charge in [-0.05, 0) is 24.3 Å². The summed E-state index contributed by atoms with van der Waals surface area (Å²) in [5.74, 6) is 0.626. The smallest absolute Gasteiger partial charge is 0.173 e. The van der Waals surface area contributed by atoms with Crippen LogP contribution in [-0.2, 0) is 0 Å². The van der Waals surface area contributed by atoms with Crippen molar-refractivity contribution in [3.8, 4) is 6.07 Å². The molecule has 3 heteroatoms. The maximum absolute atomic E-state index is 8.99. The zero-order chi connectivity index (χ0) is 10.5. The van der Waals surface area contributed by atoms with Gasteiger partial charge < -0.3 is 9.73 Å². The Morgan fingerprint density at radius 2 is 1.93 bits per heavy atom. The Morgan fingerprint density at radius 1 is 1.13 bits per heavy atom. The third kappa shape index (κ3) is 2.18. The Hall–Kier alpha value is -2.21. The minimum Gasteiger partial charge on any atom is -0.466 e. The van der Waals surface area contributed by atoms with Gasteiger partial charge in [0.05, 0.1) is 12.3 Å². The van der Waals surface area contributed by atoms with E-state index in [0.29, 0.717) is 5.76 Å². The standard InChI is InChI=1S/C12H10N2O/c13-9-11(12-7-4-8-15-12)14-10-5-2-1-3-6-10/h1-8,11,14H/t11-/m1/s1. The Balaban J connectivity index is 2.14. The number of furan rings is 1. The molecule has 0 saturated heterocycles. The van der Waals surface area contributed by atoms with E-state index in [4.69, 9.17) is 9.68 Å². The van der Waals surface area contributed by atoms with E-state index in [1.807, 2.05) is 30.3 Å². The molecule has 0 bridgehead atoms. The van der Waals surface area contributed by atoms with Crippen LogP contribution in [0.4, 0.5) is 5.69 Å². The van der Waals surface area contributed by atoms with Gasteiger partial charge in [-0.25, -0.2) is 0 Å². The summed E-state index contributed by atoms with van der Waals surface area (Å²) in [6, 6.07) is 14.8. The van der Waals surface area contributed by atoms with Crippen molar-refractivity contribution >= 4 is 5.69 Å². The highest BCUT2D eigenvalue weighted by Crippen LogP contribution is 2.18. The molecule has 0 amide bonds. The van der Waals surface area contributed by atoms with Crippen molar-refractivity contribution in [2.45, 2.75) is 6.04 Å². The van der Waals surface area contributed by atoms with Gasteiger partial charge in [-0.15, -0.1) is 0 Å². The van der Waals surface area contributed by atoms with E-state index >= 15 is 0 Å². The number of rotatable bonds is 3. The van der Waals surface area contributed by atoms with E-state index in [2.05, 4.69) is 11.4 Å². The van der Waals surface area contributed by atoms with E-state index in [0.717, 1.165) is 5.69 Å². The molecule has 1 heterocycles. The lowest BCUT2D eigenvalue weighted by atomic mass is 10.2. The first kappa shape index (κ1) is 9.35. The van der Waals surface area contributed by atoms with Crippen LogP contribution in [0.25, 0.3) is 0 Å². The van der Waals surface area contributed by atoms with Crippen LogP contribution in [0.5, 0.6) is 0 Å². The zero-order valence-corrected chi connectivity index (χ0v) is 8.05. The second kappa shape index (κ2) is 4.34. The van der Waals surface area contributed by atoms with E-state index in [1.54, 1.807) is 18.4 Å². The molecule has 0 spiro atoms. The number of hydrogen-bond acceptors (Lipinski definition) is 3. The molecule has 0 aliphatic heterocycles. The molecule has 3 nitrogen and oxygen atoms in total. The van der Waals surface area contributed by atoms with Crippen molar-refractivity contribution < 1.29 is 4.42 Å². The number of nitrogens with zero attached hydrogens (tertiary/aromatic N) is 1. The van der Waals surface area contributed by atoms with Crippen molar-refractivity contribution in [3.05, 3.63) is 54.5 Å². The molecule has 1 aromatic carbocycles. The second-order valence-corrected chi connectivity index (χ2v) is 3.09. The van der Waals surface area contributed by atoms with E-state index in [-0.39, 0.29) is 0 Å². The molecular formula is C12H10N2O. The lowest BCUT2D eigenvalue weighted by Crippen LogP contribution is -2.06. The van der Waals surface area contributed by atoms with Gasteiger partial charge in [0.2, 0.25) is 0 Å². The molecular weight excluding hydrogens is 188 g/mol. The molecule has 0 fully saturated rings. The molecule has 0 aliphatic rings. The molecule has 0 unspecified atom stereocenters. The van der Waals surface area contributed by atoms with Crippen molar-refractivity contribution in [1.82, 2.24) is 0 Å². The fraction of sp³-hybridized carbons (Fsp3) is 0.0833. The Kier molecular flexibility index (Phi) is 2.70. The van der Waals surface area contributed by atoms with Crippen LogP contribution in [0.2, 0.25) is 0 Å². The number of anilines is 1. The molecule has 0 radical (unpaired) electrons. The SMILES string of the molecule is N#C[C@@H](Nc1ccccc1)c1ccco1.